The lowest BCUT2D eigenvalue weighted by atomic mass is 9.78. The zero-order chi connectivity index (χ0) is 63.0. The quantitative estimate of drug-likeness (QED) is 0.0994. The molecule has 44 heteroatoms. The maximum atomic E-state index is 16.8. The third-order valence-corrected chi connectivity index (χ3v) is 14.0. The van der Waals surface area contributed by atoms with Crippen molar-refractivity contribution in [2.75, 3.05) is 0 Å². The first-order valence-electron chi connectivity index (χ1n) is 18.9. The van der Waals surface area contributed by atoms with Crippen molar-refractivity contribution >= 4 is 33.8 Å². The zero-order valence-electron chi connectivity index (χ0n) is 35.3. The summed E-state index contributed by atoms with van der Waals surface area (Å²) < 4.78 is 608. The first-order chi connectivity index (χ1) is 35.8. The summed E-state index contributed by atoms with van der Waals surface area (Å²) in [6.07, 6.45) is 0. The predicted octanol–water partition coefficient (Wildman–Crippen LogP) is 17.1. The van der Waals surface area contributed by atoms with Crippen LogP contribution in [0.3, 0.4) is 0 Å². The monoisotopic (exact) mass is 1300 g/mol. The van der Waals surface area contributed by atoms with E-state index in [1.807, 2.05) is 0 Å². The first kappa shape index (κ1) is 63.0. The Hall–Kier alpha value is -5.62. The molecule has 0 unspecified atom stereocenters. The van der Waals surface area contributed by atoms with Crippen molar-refractivity contribution in [3.05, 3.63) is 80.9 Å². The molecule has 2 fully saturated rings. The van der Waals surface area contributed by atoms with Crippen molar-refractivity contribution in [1.29, 1.82) is 0 Å². The highest BCUT2D eigenvalue weighted by atomic mass is 32.1. The van der Waals surface area contributed by atoms with Crippen LogP contribution in [0.1, 0.15) is 11.1 Å². The van der Waals surface area contributed by atoms with E-state index in [2.05, 4.69) is 9.47 Å². The van der Waals surface area contributed by atoms with Gasteiger partial charge in [0.15, 0.2) is 68.3 Å². The summed E-state index contributed by atoms with van der Waals surface area (Å²) >= 11 is -5.19. The SMILES string of the molecule is Fc1c(F)c(F)c(-c2sc(OC3(F)C(F)(F)C(F)(F)C(F)(F)C(F)(F)C3(F)F)c(C3=C(c4c(OC5(F)C(F)(F)C(F)(F)C(F)(F)C(F)(F)C5(F)F)sc(-c5c(F)c(F)c(F)c(F)c5F)c4F)C(F)(F)C(F)(F)C3(F)F)c2F)c(F)c1F. The molecule has 3 aliphatic carbocycles. The smallest absolute Gasteiger partial charge is 0.391 e. The van der Waals surface area contributed by atoms with Crippen LogP contribution in [0.4, 0.5) is 176 Å². The van der Waals surface area contributed by atoms with Gasteiger partial charge in [0.1, 0.15) is 0 Å². The fourth-order valence-corrected chi connectivity index (χ4v) is 9.78. The zero-order valence-corrected chi connectivity index (χ0v) is 36.9. The molecule has 0 bridgehead atoms. The second kappa shape index (κ2) is 16.8. The molecule has 0 aliphatic heterocycles. The third kappa shape index (κ3) is 6.63. The number of thiophene rings is 2. The molecule has 0 N–H and O–H groups in total. The fourth-order valence-electron chi connectivity index (χ4n) is 7.57. The Labute approximate surface area is 419 Å². The molecule has 2 aromatic carbocycles. The summed E-state index contributed by atoms with van der Waals surface area (Å²) in [5.74, 6) is -174. The summed E-state index contributed by atoms with van der Waals surface area (Å²) in [7, 11) is 0. The van der Waals surface area contributed by atoms with Crippen LogP contribution in [-0.4, -0.2) is 88.7 Å². The Morgan fingerprint density at radius 3 is 0.605 bits per heavy atom. The van der Waals surface area contributed by atoms with Crippen molar-refractivity contribution in [3.63, 3.8) is 0 Å². The van der Waals surface area contributed by atoms with Crippen molar-refractivity contribution < 1.29 is 185 Å². The van der Waals surface area contributed by atoms with E-state index in [4.69, 9.17) is 0 Å². The molecular weight excluding hydrogens is 1300 g/mol. The minimum absolute atomic E-state index is 2.60. The topological polar surface area (TPSA) is 18.5 Å². The first-order valence-corrected chi connectivity index (χ1v) is 20.6. The van der Waals surface area contributed by atoms with E-state index < -0.39 is 234 Å². The number of allylic oxidation sites excluding steroid dienone is 2. The highest BCUT2D eigenvalue weighted by Gasteiger charge is 3.04. The van der Waals surface area contributed by atoms with Crippen LogP contribution < -0.4 is 9.47 Å². The van der Waals surface area contributed by atoms with Crippen molar-refractivity contribution in [1.82, 2.24) is 0 Å². The van der Waals surface area contributed by atoms with Crippen LogP contribution in [0, 0.1) is 69.8 Å². The maximum Gasteiger partial charge on any atom is 0.391 e. The van der Waals surface area contributed by atoms with E-state index in [-0.39, 0.29) is 0 Å². The Bertz CT molecular complexity index is 3060. The molecule has 2 saturated carbocycles. The normalized spacial score (nSPS) is 25.0. The Balaban J connectivity index is 1.77. The molecule has 0 saturated heterocycles. The van der Waals surface area contributed by atoms with Crippen LogP contribution in [0.25, 0.3) is 32.0 Å². The van der Waals surface area contributed by atoms with Crippen LogP contribution in [0.5, 0.6) is 10.1 Å². The molecule has 0 radical (unpaired) electrons. The number of hydrogen-bond donors (Lipinski definition) is 0. The molecule has 0 spiro atoms. The summed E-state index contributed by atoms with van der Waals surface area (Å²) in [6.45, 7) is 0. The minimum atomic E-state index is -8.75. The van der Waals surface area contributed by atoms with Crippen LogP contribution in [-0.2, 0) is 0 Å². The molecule has 7 rings (SSSR count). The van der Waals surface area contributed by atoms with E-state index in [0.29, 0.717) is 0 Å². The predicted molar refractivity (Wildman–Crippen MR) is 179 cm³/mol. The van der Waals surface area contributed by atoms with Gasteiger partial charge < -0.3 is 9.47 Å². The molecule has 3 aliphatic rings. The number of alkyl halides is 28. The lowest BCUT2D eigenvalue weighted by molar-refractivity contribution is -0.513. The summed E-state index contributed by atoms with van der Waals surface area (Å²) in [5.41, 5.74) is -26.3. The van der Waals surface area contributed by atoms with E-state index in [1.54, 1.807) is 0 Å². The van der Waals surface area contributed by atoms with Gasteiger partial charge in [0.25, 0.3) is 0 Å². The largest absolute Gasteiger partial charge is 0.437 e. The Kier molecular flexibility index (Phi) is 13.1. The second-order valence-corrected chi connectivity index (χ2v) is 18.3. The molecule has 0 atom stereocenters. The van der Waals surface area contributed by atoms with E-state index in [9.17, 15) is 79.0 Å². The van der Waals surface area contributed by atoms with Gasteiger partial charge in [-0.3, -0.25) is 0 Å². The highest BCUT2D eigenvalue weighted by molar-refractivity contribution is 7.18. The highest BCUT2D eigenvalue weighted by Crippen LogP contribution is 2.74. The van der Waals surface area contributed by atoms with Crippen molar-refractivity contribution in [2.45, 2.75) is 88.7 Å². The molecule has 4 aromatic rings. The average molecular weight is 1300 g/mol. The lowest BCUT2D eigenvalue weighted by Crippen LogP contribution is -2.85. The van der Waals surface area contributed by atoms with Gasteiger partial charge >= 0.3 is 88.7 Å². The number of rotatable bonds is 8. The van der Waals surface area contributed by atoms with E-state index in [0.717, 1.165) is 0 Å². The molecular formula is C37F40O2S2. The molecule has 2 aromatic heterocycles. The number of ether oxygens (including phenoxy) is 2. The summed E-state index contributed by atoms with van der Waals surface area (Å²) in [5, 5.41) is -8.73. The standard InChI is InChI=1S/C37F40O2S2/c38-7-3(8(39)14(45)17(48)13(7)44)19-11(42)1(21(80-19)78-36(76)32(68,69)28(60,61)26(56,57)29(62,63)33(36,70)71)5-6(24(52,53)25(54,55)23(5,50)51)2-12(43)20(4-9(40)15(46)18(49)16(47)10(4)41)81-22(2)79-37(77)34(72,73)30(64,65)27(58,59)31(66,67)35(37,74)75. The molecule has 452 valence electrons. The minimum Gasteiger partial charge on any atom is -0.437 e. The van der Waals surface area contributed by atoms with E-state index in [1.165, 1.54) is 0 Å². The van der Waals surface area contributed by atoms with Crippen molar-refractivity contribution in [2.24, 2.45) is 0 Å². The van der Waals surface area contributed by atoms with Gasteiger partial charge in [0.2, 0.25) is 11.6 Å². The van der Waals surface area contributed by atoms with Gasteiger partial charge in [0.05, 0.1) is 43.2 Å². The number of halogens is 40. The van der Waals surface area contributed by atoms with Gasteiger partial charge in [-0.2, -0.15) is 123 Å². The molecule has 0 amide bonds. The Morgan fingerprint density at radius 1 is 0.210 bits per heavy atom. The van der Waals surface area contributed by atoms with Crippen molar-refractivity contribution in [3.8, 4) is 31.0 Å². The number of hydrogen-bond acceptors (Lipinski definition) is 4. The molecule has 2 nitrogen and oxygen atoms in total. The van der Waals surface area contributed by atoms with Gasteiger partial charge in [0, 0.05) is 0 Å². The molecule has 2 heterocycles. The Morgan fingerprint density at radius 2 is 0.395 bits per heavy atom. The average Bonchev–Trinajstić information content (AvgIpc) is 3.98. The fraction of sp³-hybridized carbons (Fsp3) is 0.405. The summed E-state index contributed by atoms with van der Waals surface area (Å²) in [6, 6.07) is 0. The summed E-state index contributed by atoms with van der Waals surface area (Å²) in [4.78, 5) is -7.08. The van der Waals surface area contributed by atoms with Gasteiger partial charge in [-0.15, -0.1) is 0 Å². The third-order valence-electron chi connectivity index (χ3n) is 11.9. The van der Waals surface area contributed by atoms with Gasteiger partial charge in [-0.25, -0.2) is 52.7 Å². The maximum absolute atomic E-state index is 16.8. The van der Waals surface area contributed by atoms with Gasteiger partial charge in [-0.05, 0) is 0 Å². The number of benzene rings is 2. The van der Waals surface area contributed by atoms with Crippen LogP contribution in [0.15, 0.2) is 0 Å². The lowest BCUT2D eigenvalue weighted by Gasteiger charge is -2.51. The van der Waals surface area contributed by atoms with Crippen LogP contribution >= 0.6 is 22.7 Å². The van der Waals surface area contributed by atoms with Crippen LogP contribution in [0.2, 0.25) is 0 Å². The van der Waals surface area contributed by atoms with E-state index >= 15 is 96.6 Å². The van der Waals surface area contributed by atoms with Gasteiger partial charge in [-0.1, -0.05) is 22.7 Å². The second-order valence-electron chi connectivity index (χ2n) is 16.3. The molecule has 81 heavy (non-hydrogen) atoms.